The number of nitrogens with one attached hydrogen (secondary N) is 1. The molecule has 0 unspecified atom stereocenters. The van der Waals surface area contributed by atoms with E-state index in [2.05, 4.69) is 9.71 Å². The highest BCUT2D eigenvalue weighted by atomic mass is 35.5. The number of halogens is 3. The van der Waals surface area contributed by atoms with Gasteiger partial charge < -0.3 is 4.74 Å². The van der Waals surface area contributed by atoms with Crippen LogP contribution >= 0.6 is 34.5 Å². The maximum Gasteiger partial charge on any atom is 0.266 e. The molecule has 0 bridgehead atoms. The van der Waals surface area contributed by atoms with Gasteiger partial charge in [-0.2, -0.15) is 0 Å². The Morgan fingerprint density at radius 2 is 1.88 bits per heavy atom. The minimum atomic E-state index is -4.17. The summed E-state index contributed by atoms with van der Waals surface area (Å²) >= 11 is 13.0. The van der Waals surface area contributed by atoms with Gasteiger partial charge in [-0.25, -0.2) is 17.8 Å². The molecule has 0 aliphatic heterocycles. The molecule has 1 N–H and O–H groups in total. The Bertz CT molecular complexity index is 994. The summed E-state index contributed by atoms with van der Waals surface area (Å²) in [4.78, 5) is 3.19. The van der Waals surface area contributed by atoms with Crippen molar-refractivity contribution in [2.75, 3.05) is 4.72 Å². The number of aromatic nitrogens is 1. The van der Waals surface area contributed by atoms with Gasteiger partial charge in [0.05, 0.1) is 10.5 Å². The third-order valence-electron chi connectivity index (χ3n) is 2.99. The standard InChI is InChI=1S/C15H9Cl2FN2O3S2/c16-9-1-3-10(4-2-9)23-13-6-12(18)14(5-11(13)17)25(21,22)20-15-7-24-8-19-15/h1-8,20H. The maximum absolute atomic E-state index is 14.3. The average Bonchev–Trinajstić information content (AvgIpc) is 3.04. The number of benzene rings is 2. The zero-order valence-electron chi connectivity index (χ0n) is 12.2. The summed E-state index contributed by atoms with van der Waals surface area (Å²) in [6.07, 6.45) is 0. The third-order valence-corrected chi connectivity index (χ3v) is 5.49. The van der Waals surface area contributed by atoms with E-state index >= 15 is 0 Å². The Labute approximate surface area is 157 Å². The van der Waals surface area contributed by atoms with Crippen LogP contribution < -0.4 is 9.46 Å². The first-order valence-electron chi connectivity index (χ1n) is 6.68. The van der Waals surface area contributed by atoms with Gasteiger partial charge in [-0.15, -0.1) is 11.3 Å². The van der Waals surface area contributed by atoms with Gasteiger partial charge in [-0.05, 0) is 30.3 Å². The SMILES string of the molecule is O=S(=O)(Nc1cscn1)c1cc(Cl)c(Oc2ccc(Cl)cc2)cc1F. The molecular formula is C15H9Cl2FN2O3S2. The van der Waals surface area contributed by atoms with Gasteiger partial charge in [0.25, 0.3) is 10.0 Å². The molecule has 0 saturated carbocycles. The van der Waals surface area contributed by atoms with E-state index in [4.69, 9.17) is 27.9 Å². The molecule has 0 atom stereocenters. The van der Waals surface area contributed by atoms with E-state index in [1.54, 1.807) is 24.3 Å². The summed E-state index contributed by atoms with van der Waals surface area (Å²) in [5.74, 6) is -0.547. The molecule has 1 aromatic heterocycles. The molecule has 130 valence electrons. The molecule has 5 nitrogen and oxygen atoms in total. The molecule has 0 saturated heterocycles. The monoisotopic (exact) mass is 418 g/mol. The quantitative estimate of drug-likeness (QED) is 0.619. The van der Waals surface area contributed by atoms with Crippen molar-refractivity contribution >= 4 is 50.4 Å². The first-order valence-corrected chi connectivity index (χ1v) is 9.87. The van der Waals surface area contributed by atoms with E-state index in [-0.39, 0.29) is 16.6 Å². The second kappa shape index (κ2) is 7.17. The average molecular weight is 419 g/mol. The molecule has 0 spiro atoms. The molecule has 0 radical (unpaired) electrons. The number of hydrogen-bond acceptors (Lipinski definition) is 5. The minimum absolute atomic E-state index is 0.0194. The fourth-order valence-corrected chi connectivity index (χ4v) is 3.92. The van der Waals surface area contributed by atoms with E-state index in [9.17, 15) is 12.8 Å². The van der Waals surface area contributed by atoms with Crippen LogP contribution in [0.2, 0.25) is 10.0 Å². The van der Waals surface area contributed by atoms with Crippen LogP contribution in [0.1, 0.15) is 0 Å². The highest BCUT2D eigenvalue weighted by Crippen LogP contribution is 2.34. The van der Waals surface area contributed by atoms with Crippen LogP contribution in [0.5, 0.6) is 11.5 Å². The lowest BCUT2D eigenvalue weighted by Gasteiger charge is -2.11. The van der Waals surface area contributed by atoms with Gasteiger partial charge in [0.1, 0.15) is 22.2 Å². The van der Waals surface area contributed by atoms with Crippen molar-refractivity contribution in [1.29, 1.82) is 0 Å². The van der Waals surface area contributed by atoms with Gasteiger partial charge in [0.15, 0.2) is 5.82 Å². The van der Waals surface area contributed by atoms with Crippen molar-refractivity contribution < 1.29 is 17.5 Å². The van der Waals surface area contributed by atoms with E-state index in [1.165, 1.54) is 22.2 Å². The van der Waals surface area contributed by atoms with Crippen molar-refractivity contribution in [1.82, 2.24) is 4.98 Å². The lowest BCUT2D eigenvalue weighted by Crippen LogP contribution is -2.15. The second-order valence-electron chi connectivity index (χ2n) is 4.75. The third kappa shape index (κ3) is 4.21. The number of rotatable bonds is 5. The normalized spacial score (nSPS) is 11.3. The molecule has 3 rings (SSSR count). The molecule has 1 heterocycles. The smallest absolute Gasteiger partial charge is 0.266 e. The Balaban J connectivity index is 1.90. The van der Waals surface area contributed by atoms with Crippen LogP contribution in [0.3, 0.4) is 0 Å². The summed E-state index contributed by atoms with van der Waals surface area (Å²) in [6, 6.07) is 8.23. The molecule has 3 aromatic rings. The van der Waals surface area contributed by atoms with Gasteiger partial charge in [-0.1, -0.05) is 23.2 Å². The van der Waals surface area contributed by atoms with Crippen LogP contribution in [0.15, 0.2) is 52.2 Å². The summed E-state index contributed by atoms with van der Waals surface area (Å²) < 4.78 is 46.5. The number of sulfonamides is 1. The van der Waals surface area contributed by atoms with E-state index in [0.717, 1.165) is 12.1 Å². The number of hydrogen-bond donors (Lipinski definition) is 1. The molecule has 0 aliphatic carbocycles. The Morgan fingerprint density at radius 1 is 1.16 bits per heavy atom. The van der Waals surface area contributed by atoms with Crippen LogP contribution in [0, 0.1) is 5.82 Å². The molecule has 2 aromatic carbocycles. The lowest BCUT2D eigenvalue weighted by atomic mass is 10.3. The maximum atomic E-state index is 14.3. The zero-order valence-corrected chi connectivity index (χ0v) is 15.4. The Kier molecular flexibility index (Phi) is 5.14. The van der Waals surface area contributed by atoms with Crippen molar-refractivity contribution in [2.24, 2.45) is 0 Å². The summed E-state index contributed by atoms with van der Waals surface area (Å²) in [5.41, 5.74) is 1.45. The summed E-state index contributed by atoms with van der Waals surface area (Å²) in [5, 5.41) is 1.93. The fourth-order valence-electron chi connectivity index (χ4n) is 1.88. The van der Waals surface area contributed by atoms with Gasteiger partial charge in [0, 0.05) is 16.5 Å². The second-order valence-corrected chi connectivity index (χ2v) is 7.96. The predicted molar refractivity (Wildman–Crippen MR) is 95.9 cm³/mol. The largest absolute Gasteiger partial charge is 0.456 e. The minimum Gasteiger partial charge on any atom is -0.456 e. The van der Waals surface area contributed by atoms with E-state index in [0.29, 0.717) is 10.8 Å². The molecule has 10 heteroatoms. The van der Waals surface area contributed by atoms with Crippen molar-refractivity contribution in [3.8, 4) is 11.5 Å². The summed E-state index contributed by atoms with van der Waals surface area (Å²) in [7, 11) is -4.17. The van der Waals surface area contributed by atoms with Crippen molar-refractivity contribution in [3.05, 3.63) is 63.2 Å². The van der Waals surface area contributed by atoms with Gasteiger partial charge >= 0.3 is 0 Å². The first kappa shape index (κ1) is 17.9. The molecule has 0 amide bonds. The van der Waals surface area contributed by atoms with Crippen molar-refractivity contribution in [2.45, 2.75) is 4.90 Å². The highest BCUT2D eigenvalue weighted by Gasteiger charge is 2.23. The molecule has 0 aliphatic rings. The number of thiazole rings is 1. The van der Waals surface area contributed by atoms with E-state index < -0.39 is 20.7 Å². The van der Waals surface area contributed by atoms with Crippen LogP contribution in [-0.4, -0.2) is 13.4 Å². The lowest BCUT2D eigenvalue weighted by molar-refractivity contribution is 0.474. The number of ether oxygens (including phenoxy) is 1. The zero-order chi connectivity index (χ0) is 18.0. The predicted octanol–water partition coefficient (Wildman–Crippen LogP) is 5.18. The molecule has 0 fully saturated rings. The number of nitrogens with zero attached hydrogens (tertiary/aromatic N) is 1. The first-order chi connectivity index (χ1) is 11.8. The van der Waals surface area contributed by atoms with Gasteiger partial charge in [-0.3, -0.25) is 4.72 Å². The van der Waals surface area contributed by atoms with Crippen LogP contribution in [0.4, 0.5) is 10.2 Å². The Hall–Kier alpha value is -1.87. The van der Waals surface area contributed by atoms with E-state index in [1.807, 2.05) is 0 Å². The summed E-state index contributed by atoms with van der Waals surface area (Å²) in [6.45, 7) is 0. The number of anilines is 1. The van der Waals surface area contributed by atoms with Crippen LogP contribution in [0.25, 0.3) is 0 Å². The van der Waals surface area contributed by atoms with Gasteiger partial charge in [0.2, 0.25) is 0 Å². The molecule has 25 heavy (non-hydrogen) atoms. The van der Waals surface area contributed by atoms with Crippen LogP contribution in [-0.2, 0) is 10.0 Å². The van der Waals surface area contributed by atoms with Crippen molar-refractivity contribution in [3.63, 3.8) is 0 Å². The molecular weight excluding hydrogens is 410 g/mol. The fraction of sp³-hybridized carbons (Fsp3) is 0. The Morgan fingerprint density at radius 3 is 2.52 bits per heavy atom. The topological polar surface area (TPSA) is 68.3 Å². The highest BCUT2D eigenvalue weighted by molar-refractivity contribution is 7.92.